The number of aryl methyl sites for hydroxylation is 2. The van der Waals surface area contributed by atoms with E-state index in [0.29, 0.717) is 17.0 Å². The Bertz CT molecular complexity index is 705. The number of rotatable bonds is 4. The minimum Gasteiger partial charge on any atom is -0.485 e. The van der Waals surface area contributed by atoms with Gasteiger partial charge in [-0.05, 0) is 37.1 Å². The van der Waals surface area contributed by atoms with Gasteiger partial charge < -0.3 is 10.1 Å². The Morgan fingerprint density at radius 3 is 2.90 bits per heavy atom. The van der Waals surface area contributed by atoms with Crippen LogP contribution in [0.5, 0.6) is 5.75 Å². The van der Waals surface area contributed by atoms with Crippen LogP contribution in [-0.4, -0.2) is 18.3 Å². The van der Waals surface area contributed by atoms with Gasteiger partial charge in [-0.3, -0.25) is 9.59 Å². The van der Waals surface area contributed by atoms with Crippen LogP contribution in [0.3, 0.4) is 0 Å². The number of ketones is 1. The first-order valence-corrected chi connectivity index (χ1v) is 7.59. The highest BCUT2D eigenvalue weighted by atomic mass is 32.1. The topological polar surface area (TPSA) is 55.4 Å². The second-order valence-electron chi connectivity index (χ2n) is 4.99. The molecule has 5 heteroatoms. The molecule has 0 spiro atoms. The molecular formula is C16H15NO3S. The number of amides is 1. The fourth-order valence-electron chi connectivity index (χ4n) is 2.25. The van der Waals surface area contributed by atoms with Crippen molar-refractivity contribution in [1.29, 1.82) is 0 Å². The lowest BCUT2D eigenvalue weighted by atomic mass is 10.0. The van der Waals surface area contributed by atoms with Gasteiger partial charge in [-0.25, -0.2) is 0 Å². The van der Waals surface area contributed by atoms with Gasteiger partial charge in [0, 0.05) is 23.1 Å². The van der Waals surface area contributed by atoms with Crippen LogP contribution in [0, 0.1) is 6.92 Å². The van der Waals surface area contributed by atoms with E-state index in [1.54, 1.807) is 6.07 Å². The van der Waals surface area contributed by atoms with Crippen LogP contribution in [0.1, 0.15) is 26.5 Å². The van der Waals surface area contributed by atoms with E-state index < -0.39 is 0 Å². The summed E-state index contributed by atoms with van der Waals surface area (Å²) < 4.78 is 5.54. The Morgan fingerprint density at radius 2 is 2.14 bits per heavy atom. The molecule has 0 unspecified atom stereocenters. The van der Waals surface area contributed by atoms with Crippen molar-refractivity contribution >= 4 is 28.7 Å². The molecule has 4 nitrogen and oxygen atoms in total. The molecule has 1 aliphatic heterocycles. The molecule has 0 bridgehead atoms. The Morgan fingerprint density at radius 1 is 1.29 bits per heavy atom. The largest absolute Gasteiger partial charge is 0.485 e. The zero-order valence-electron chi connectivity index (χ0n) is 11.6. The summed E-state index contributed by atoms with van der Waals surface area (Å²) in [5.41, 5.74) is 1.88. The molecule has 2 aromatic rings. The standard InChI is InChI=1S/C16H15NO3S/c1-10-2-6-15(21-10)14(18)9-20-12-5-3-11-4-7-16(19)17-13(11)8-12/h2-3,5-6,8H,4,7,9H2,1H3,(H,17,19). The Labute approximate surface area is 126 Å². The van der Waals surface area contributed by atoms with Crippen molar-refractivity contribution in [2.75, 3.05) is 11.9 Å². The quantitative estimate of drug-likeness (QED) is 0.882. The van der Waals surface area contributed by atoms with Gasteiger partial charge in [0.05, 0.1) is 4.88 Å². The lowest BCUT2D eigenvalue weighted by molar-refractivity contribution is -0.116. The van der Waals surface area contributed by atoms with E-state index in [9.17, 15) is 9.59 Å². The van der Waals surface area contributed by atoms with Crippen molar-refractivity contribution in [3.8, 4) is 5.75 Å². The minimum absolute atomic E-state index is 0.00663. The maximum absolute atomic E-state index is 12.0. The highest BCUT2D eigenvalue weighted by Gasteiger charge is 2.15. The van der Waals surface area contributed by atoms with E-state index >= 15 is 0 Å². The van der Waals surface area contributed by atoms with Gasteiger partial charge in [-0.1, -0.05) is 6.07 Å². The number of hydrogen-bond acceptors (Lipinski definition) is 4. The third-order valence-electron chi connectivity index (χ3n) is 3.36. The molecule has 0 atom stereocenters. The monoisotopic (exact) mass is 301 g/mol. The third-order valence-corrected chi connectivity index (χ3v) is 4.40. The molecule has 108 valence electrons. The van der Waals surface area contributed by atoms with E-state index in [1.165, 1.54) is 11.3 Å². The lowest BCUT2D eigenvalue weighted by Gasteiger charge is -2.17. The molecule has 1 aromatic heterocycles. The summed E-state index contributed by atoms with van der Waals surface area (Å²) in [6.45, 7) is 1.97. The van der Waals surface area contributed by atoms with Gasteiger partial charge in [0.25, 0.3) is 0 Å². The number of benzene rings is 1. The highest BCUT2D eigenvalue weighted by Crippen LogP contribution is 2.27. The van der Waals surface area contributed by atoms with Crippen molar-refractivity contribution in [3.63, 3.8) is 0 Å². The van der Waals surface area contributed by atoms with Gasteiger partial charge in [-0.2, -0.15) is 0 Å². The second kappa shape index (κ2) is 5.69. The number of anilines is 1. The molecule has 1 aliphatic rings. The van der Waals surface area contributed by atoms with Gasteiger partial charge in [0.2, 0.25) is 11.7 Å². The first-order valence-electron chi connectivity index (χ1n) is 6.77. The molecule has 0 saturated carbocycles. The van der Waals surface area contributed by atoms with Crippen molar-refractivity contribution in [1.82, 2.24) is 0 Å². The number of fused-ring (bicyclic) bond motifs is 1. The lowest BCUT2D eigenvalue weighted by Crippen LogP contribution is -2.19. The summed E-state index contributed by atoms with van der Waals surface area (Å²) in [6.07, 6.45) is 1.26. The summed E-state index contributed by atoms with van der Waals surface area (Å²) >= 11 is 1.47. The first kappa shape index (κ1) is 13.8. The van der Waals surface area contributed by atoms with Gasteiger partial charge in [0.15, 0.2) is 6.61 Å². The zero-order chi connectivity index (χ0) is 14.8. The number of nitrogens with one attached hydrogen (secondary N) is 1. The van der Waals surface area contributed by atoms with Crippen molar-refractivity contribution in [2.24, 2.45) is 0 Å². The van der Waals surface area contributed by atoms with Crippen LogP contribution in [-0.2, 0) is 11.2 Å². The normalized spacial score (nSPS) is 13.5. The minimum atomic E-state index is -0.0325. The summed E-state index contributed by atoms with van der Waals surface area (Å²) in [6, 6.07) is 9.29. The van der Waals surface area contributed by atoms with E-state index in [0.717, 1.165) is 22.5 Å². The van der Waals surface area contributed by atoms with Crippen LogP contribution >= 0.6 is 11.3 Å². The van der Waals surface area contributed by atoms with Gasteiger partial charge >= 0.3 is 0 Å². The number of ether oxygens (including phenoxy) is 1. The van der Waals surface area contributed by atoms with E-state index in [-0.39, 0.29) is 18.3 Å². The molecule has 3 rings (SSSR count). The summed E-state index contributed by atoms with van der Waals surface area (Å²) in [5, 5.41) is 2.82. The maximum Gasteiger partial charge on any atom is 0.224 e. The fraction of sp³-hybridized carbons (Fsp3) is 0.250. The summed E-state index contributed by atoms with van der Waals surface area (Å²) in [4.78, 5) is 25.2. The predicted molar refractivity (Wildman–Crippen MR) is 82.3 cm³/mol. The predicted octanol–water partition coefficient (Wildman–Crippen LogP) is 3.20. The molecule has 0 fully saturated rings. The Hall–Kier alpha value is -2.14. The van der Waals surface area contributed by atoms with Crippen LogP contribution in [0.2, 0.25) is 0 Å². The SMILES string of the molecule is Cc1ccc(C(=O)COc2ccc3c(c2)NC(=O)CC3)s1. The van der Waals surface area contributed by atoms with E-state index in [2.05, 4.69) is 5.32 Å². The highest BCUT2D eigenvalue weighted by molar-refractivity contribution is 7.14. The van der Waals surface area contributed by atoms with Crippen LogP contribution in [0.4, 0.5) is 5.69 Å². The maximum atomic E-state index is 12.0. The molecule has 21 heavy (non-hydrogen) atoms. The number of thiophene rings is 1. The van der Waals surface area contributed by atoms with E-state index in [4.69, 9.17) is 4.74 Å². The summed E-state index contributed by atoms with van der Waals surface area (Å²) in [7, 11) is 0. The zero-order valence-corrected chi connectivity index (χ0v) is 12.5. The van der Waals surface area contributed by atoms with Gasteiger partial charge in [0.1, 0.15) is 5.75 Å². The summed E-state index contributed by atoms with van der Waals surface area (Å²) in [5.74, 6) is 0.581. The molecule has 0 saturated heterocycles. The fourth-order valence-corrected chi connectivity index (χ4v) is 3.04. The molecular weight excluding hydrogens is 286 g/mol. The smallest absolute Gasteiger partial charge is 0.224 e. The molecule has 1 amide bonds. The molecule has 1 N–H and O–H groups in total. The molecule has 0 radical (unpaired) electrons. The Balaban J connectivity index is 1.67. The van der Waals surface area contributed by atoms with Crippen molar-refractivity contribution < 1.29 is 14.3 Å². The number of Topliss-reactive ketones (excluding diaryl/α,β-unsaturated/α-hetero) is 1. The van der Waals surface area contributed by atoms with Crippen molar-refractivity contribution in [3.05, 3.63) is 45.6 Å². The van der Waals surface area contributed by atoms with Crippen LogP contribution in [0.15, 0.2) is 30.3 Å². The average molecular weight is 301 g/mol. The average Bonchev–Trinajstić information content (AvgIpc) is 2.91. The van der Waals surface area contributed by atoms with Crippen LogP contribution < -0.4 is 10.1 Å². The molecule has 2 heterocycles. The van der Waals surface area contributed by atoms with Crippen molar-refractivity contribution in [2.45, 2.75) is 19.8 Å². The number of hydrogen-bond donors (Lipinski definition) is 1. The Kier molecular flexibility index (Phi) is 3.75. The van der Waals surface area contributed by atoms with E-state index in [1.807, 2.05) is 31.2 Å². The third kappa shape index (κ3) is 3.13. The van der Waals surface area contributed by atoms with Crippen LogP contribution in [0.25, 0.3) is 0 Å². The first-order chi connectivity index (χ1) is 10.1. The van der Waals surface area contributed by atoms with Gasteiger partial charge in [-0.15, -0.1) is 11.3 Å². The number of carbonyl (C=O) groups excluding carboxylic acids is 2. The number of carbonyl (C=O) groups is 2. The molecule has 0 aliphatic carbocycles. The molecule has 1 aromatic carbocycles. The second-order valence-corrected chi connectivity index (χ2v) is 6.28.